The third kappa shape index (κ3) is 4.03. The third-order valence-corrected chi connectivity index (χ3v) is 4.20. The highest BCUT2D eigenvalue weighted by atomic mass is 16.4. The molecule has 2 atom stereocenters. The van der Waals surface area contributed by atoms with Crippen LogP contribution in [0.3, 0.4) is 0 Å². The fraction of sp³-hybridized carbons (Fsp3) is 0.714. The lowest BCUT2D eigenvalue weighted by atomic mass is 9.84. The van der Waals surface area contributed by atoms with Crippen molar-refractivity contribution in [1.29, 1.82) is 0 Å². The minimum atomic E-state index is -0.801. The van der Waals surface area contributed by atoms with E-state index in [4.69, 9.17) is 5.11 Å². The molecule has 2 aliphatic rings. The van der Waals surface area contributed by atoms with Crippen LogP contribution in [0.25, 0.3) is 0 Å². The SMILES string of the molecule is CC(CC(=O)O)C1CCCN(C(=O)C2=NNC(=O)CC2)C1. The number of carbonyl (C=O) groups excluding carboxylic acids is 2. The van der Waals surface area contributed by atoms with Crippen LogP contribution in [0, 0.1) is 11.8 Å². The number of hydrazone groups is 1. The van der Waals surface area contributed by atoms with Crippen LogP contribution in [-0.4, -0.2) is 46.6 Å². The molecule has 2 N–H and O–H groups in total. The molecular weight excluding hydrogens is 274 g/mol. The van der Waals surface area contributed by atoms with E-state index in [2.05, 4.69) is 10.5 Å². The van der Waals surface area contributed by atoms with Gasteiger partial charge in [0.15, 0.2) is 0 Å². The van der Waals surface area contributed by atoms with Gasteiger partial charge in [0.2, 0.25) is 5.91 Å². The predicted octanol–water partition coefficient (Wildman–Crippen LogP) is 0.602. The van der Waals surface area contributed by atoms with E-state index in [0.717, 1.165) is 12.8 Å². The Balaban J connectivity index is 1.95. The van der Waals surface area contributed by atoms with Crippen LogP contribution in [0.1, 0.15) is 39.0 Å². The van der Waals surface area contributed by atoms with Crippen molar-refractivity contribution in [3.63, 3.8) is 0 Å². The molecule has 1 saturated heterocycles. The highest BCUT2D eigenvalue weighted by Crippen LogP contribution is 2.26. The standard InChI is InChI=1S/C14H21N3O4/c1-9(7-13(19)20)10-3-2-6-17(8-10)14(21)11-4-5-12(18)16-15-11/h9-10H,2-8H2,1H3,(H,16,18)(H,19,20). The molecule has 7 heteroatoms. The number of amides is 2. The maximum atomic E-state index is 12.4. The number of carboxylic acid groups (broad SMARTS) is 1. The van der Waals surface area contributed by atoms with Crippen LogP contribution in [0.2, 0.25) is 0 Å². The minimum absolute atomic E-state index is 0.0473. The quantitative estimate of drug-likeness (QED) is 0.793. The first-order chi connectivity index (χ1) is 9.97. The minimum Gasteiger partial charge on any atom is -0.481 e. The maximum absolute atomic E-state index is 12.4. The highest BCUT2D eigenvalue weighted by Gasteiger charge is 2.31. The second-order valence-corrected chi connectivity index (χ2v) is 5.82. The van der Waals surface area contributed by atoms with E-state index in [1.807, 2.05) is 6.92 Å². The molecule has 2 heterocycles. The number of nitrogens with one attached hydrogen (secondary N) is 1. The Morgan fingerprint density at radius 3 is 2.86 bits per heavy atom. The van der Waals surface area contributed by atoms with Gasteiger partial charge in [0.1, 0.15) is 5.71 Å². The van der Waals surface area contributed by atoms with Crippen LogP contribution in [0.4, 0.5) is 0 Å². The van der Waals surface area contributed by atoms with Gasteiger partial charge in [-0.25, -0.2) is 5.43 Å². The van der Waals surface area contributed by atoms with Gasteiger partial charge in [0.05, 0.1) is 0 Å². The predicted molar refractivity (Wildman–Crippen MR) is 75.5 cm³/mol. The van der Waals surface area contributed by atoms with Crippen LogP contribution >= 0.6 is 0 Å². The molecule has 7 nitrogen and oxygen atoms in total. The molecule has 0 aliphatic carbocycles. The normalized spacial score (nSPS) is 24.0. The Hall–Kier alpha value is -1.92. The van der Waals surface area contributed by atoms with E-state index in [9.17, 15) is 14.4 Å². The number of piperidine rings is 1. The first-order valence-electron chi connectivity index (χ1n) is 7.34. The number of nitrogens with zero attached hydrogens (tertiary/aromatic N) is 2. The number of carboxylic acids is 1. The summed E-state index contributed by atoms with van der Waals surface area (Å²) < 4.78 is 0. The van der Waals surface area contributed by atoms with Crippen LogP contribution < -0.4 is 5.43 Å². The second-order valence-electron chi connectivity index (χ2n) is 5.82. The molecule has 0 spiro atoms. The molecule has 0 radical (unpaired) electrons. The topological polar surface area (TPSA) is 99.1 Å². The Bertz CT molecular complexity index is 475. The Kier molecular flexibility index (Phi) is 4.93. The van der Waals surface area contributed by atoms with Crippen molar-refractivity contribution >= 4 is 23.5 Å². The summed E-state index contributed by atoms with van der Waals surface area (Å²) >= 11 is 0. The number of hydrogen-bond acceptors (Lipinski definition) is 4. The number of aliphatic carboxylic acids is 1. The summed E-state index contributed by atoms with van der Waals surface area (Å²) in [6.07, 6.45) is 2.61. The molecule has 0 aromatic rings. The van der Waals surface area contributed by atoms with Crippen molar-refractivity contribution in [3.8, 4) is 0 Å². The number of carbonyl (C=O) groups is 3. The van der Waals surface area contributed by atoms with Gasteiger partial charge >= 0.3 is 5.97 Å². The van der Waals surface area contributed by atoms with E-state index < -0.39 is 5.97 Å². The van der Waals surface area contributed by atoms with Crippen molar-refractivity contribution in [2.45, 2.75) is 39.0 Å². The third-order valence-electron chi connectivity index (χ3n) is 4.20. The van der Waals surface area contributed by atoms with E-state index in [1.54, 1.807) is 4.90 Å². The van der Waals surface area contributed by atoms with Crippen molar-refractivity contribution in [2.75, 3.05) is 13.1 Å². The highest BCUT2D eigenvalue weighted by molar-refractivity contribution is 6.39. The molecular formula is C14H21N3O4. The first-order valence-corrected chi connectivity index (χ1v) is 7.34. The first kappa shape index (κ1) is 15.5. The van der Waals surface area contributed by atoms with Crippen LogP contribution in [0.15, 0.2) is 5.10 Å². The van der Waals surface area contributed by atoms with Gasteiger partial charge in [0.25, 0.3) is 5.91 Å². The average Bonchev–Trinajstić information content (AvgIpc) is 2.47. The fourth-order valence-electron chi connectivity index (χ4n) is 2.91. The summed E-state index contributed by atoms with van der Waals surface area (Å²) in [5.74, 6) is -0.852. The summed E-state index contributed by atoms with van der Waals surface area (Å²) in [5.41, 5.74) is 2.73. The van der Waals surface area contributed by atoms with E-state index in [1.165, 1.54) is 0 Å². The summed E-state index contributed by atoms with van der Waals surface area (Å²) in [4.78, 5) is 36.0. The van der Waals surface area contributed by atoms with E-state index in [-0.39, 0.29) is 36.5 Å². The summed E-state index contributed by atoms with van der Waals surface area (Å²) in [6, 6.07) is 0. The molecule has 0 aromatic heterocycles. The Morgan fingerprint density at radius 2 is 2.24 bits per heavy atom. The maximum Gasteiger partial charge on any atom is 0.303 e. The van der Waals surface area contributed by atoms with Gasteiger partial charge in [-0.1, -0.05) is 6.92 Å². The van der Waals surface area contributed by atoms with E-state index in [0.29, 0.717) is 25.2 Å². The van der Waals surface area contributed by atoms with Gasteiger partial charge < -0.3 is 10.0 Å². The van der Waals surface area contributed by atoms with Crippen LogP contribution in [-0.2, 0) is 14.4 Å². The van der Waals surface area contributed by atoms with E-state index >= 15 is 0 Å². The Labute approximate surface area is 123 Å². The number of likely N-dealkylation sites (tertiary alicyclic amines) is 1. The van der Waals surface area contributed by atoms with Crippen molar-refractivity contribution < 1.29 is 19.5 Å². The van der Waals surface area contributed by atoms with Gasteiger partial charge in [0, 0.05) is 32.4 Å². The van der Waals surface area contributed by atoms with Crippen LogP contribution in [0.5, 0.6) is 0 Å². The lowest BCUT2D eigenvalue weighted by Gasteiger charge is -2.35. The zero-order valence-corrected chi connectivity index (χ0v) is 12.2. The van der Waals surface area contributed by atoms with Gasteiger partial charge in [-0.3, -0.25) is 14.4 Å². The molecule has 2 unspecified atom stereocenters. The lowest BCUT2D eigenvalue weighted by molar-refractivity contribution is -0.138. The fourth-order valence-corrected chi connectivity index (χ4v) is 2.91. The van der Waals surface area contributed by atoms with Crippen molar-refractivity contribution in [2.24, 2.45) is 16.9 Å². The molecule has 21 heavy (non-hydrogen) atoms. The molecule has 2 rings (SSSR count). The molecule has 2 aliphatic heterocycles. The molecule has 1 fully saturated rings. The molecule has 0 aromatic carbocycles. The van der Waals surface area contributed by atoms with Crippen molar-refractivity contribution in [1.82, 2.24) is 10.3 Å². The number of rotatable bonds is 4. The monoisotopic (exact) mass is 295 g/mol. The molecule has 116 valence electrons. The molecule has 2 amide bonds. The Morgan fingerprint density at radius 1 is 1.48 bits per heavy atom. The zero-order chi connectivity index (χ0) is 15.4. The number of hydrogen-bond donors (Lipinski definition) is 2. The van der Waals surface area contributed by atoms with Gasteiger partial charge in [-0.2, -0.15) is 5.10 Å². The van der Waals surface area contributed by atoms with Crippen molar-refractivity contribution in [3.05, 3.63) is 0 Å². The molecule has 0 saturated carbocycles. The largest absolute Gasteiger partial charge is 0.481 e. The average molecular weight is 295 g/mol. The summed E-state index contributed by atoms with van der Waals surface area (Å²) in [5, 5.41) is 12.7. The van der Waals surface area contributed by atoms with Gasteiger partial charge in [-0.15, -0.1) is 0 Å². The summed E-state index contributed by atoms with van der Waals surface area (Å²) in [7, 11) is 0. The van der Waals surface area contributed by atoms with Gasteiger partial charge in [-0.05, 0) is 24.7 Å². The second kappa shape index (κ2) is 6.69. The smallest absolute Gasteiger partial charge is 0.303 e. The molecule has 0 bridgehead atoms. The lowest BCUT2D eigenvalue weighted by Crippen LogP contribution is -2.46. The summed E-state index contributed by atoms with van der Waals surface area (Å²) in [6.45, 7) is 3.16. The zero-order valence-electron chi connectivity index (χ0n) is 12.2.